The minimum Gasteiger partial charge on any atom is -0.478 e. The molecular formula is C30H33N3O3. The molecule has 0 unspecified atom stereocenters. The first-order valence-electron chi connectivity index (χ1n) is 12.4. The lowest BCUT2D eigenvalue weighted by atomic mass is 9.79. The second-order valence-corrected chi connectivity index (χ2v) is 10.2. The molecular weight excluding hydrogens is 450 g/mol. The van der Waals surface area contributed by atoms with Crippen LogP contribution in [-0.2, 0) is 16.6 Å². The second-order valence-electron chi connectivity index (χ2n) is 10.2. The van der Waals surface area contributed by atoms with Gasteiger partial charge in [-0.2, -0.15) is 0 Å². The second kappa shape index (κ2) is 9.97. The first kappa shape index (κ1) is 25.2. The van der Waals surface area contributed by atoms with Crippen LogP contribution in [0.15, 0.2) is 54.6 Å². The number of hydrogen-bond donors (Lipinski definition) is 2. The van der Waals surface area contributed by atoms with Gasteiger partial charge in [-0.1, -0.05) is 58.4 Å². The number of nitrogens with one attached hydrogen (secondary N) is 1. The van der Waals surface area contributed by atoms with Gasteiger partial charge < -0.3 is 10.4 Å². The number of carbonyl (C=O) groups excluding carboxylic acids is 1. The number of aromatic carboxylic acids is 1. The summed E-state index contributed by atoms with van der Waals surface area (Å²) in [5.74, 6) is 0.0303. The number of rotatable bonds is 8. The topological polar surface area (TPSA) is 84.2 Å². The lowest BCUT2D eigenvalue weighted by Gasteiger charge is -2.28. The molecule has 0 spiro atoms. The number of nitrogens with zero attached hydrogens (tertiary/aromatic N) is 2. The van der Waals surface area contributed by atoms with Gasteiger partial charge in [-0.05, 0) is 71.3 Å². The Bertz CT molecular complexity index is 1440. The maximum Gasteiger partial charge on any atom is 0.336 e. The van der Waals surface area contributed by atoms with Crippen molar-refractivity contribution in [1.82, 2.24) is 9.55 Å². The Kier molecular flexibility index (Phi) is 6.97. The van der Waals surface area contributed by atoms with E-state index in [1.165, 1.54) is 0 Å². The number of fused-ring (bicyclic) bond motifs is 1. The number of carboxylic acids is 1. The largest absolute Gasteiger partial charge is 0.478 e. The van der Waals surface area contributed by atoms with E-state index in [0.29, 0.717) is 17.7 Å². The fourth-order valence-corrected chi connectivity index (χ4v) is 5.08. The Hall–Kier alpha value is -3.93. The average molecular weight is 484 g/mol. The van der Waals surface area contributed by atoms with Crippen LogP contribution in [-0.4, -0.2) is 27.0 Å². The van der Waals surface area contributed by atoms with Gasteiger partial charge in [-0.3, -0.25) is 9.36 Å². The number of hydrogen-bond acceptors (Lipinski definition) is 3. The molecule has 6 heteroatoms. The quantitative estimate of drug-likeness (QED) is 0.267. The molecule has 1 heterocycles. The van der Waals surface area contributed by atoms with Gasteiger partial charge in [0.1, 0.15) is 5.82 Å². The molecule has 2 N–H and O–H groups in total. The highest BCUT2D eigenvalue weighted by Crippen LogP contribution is 2.40. The van der Waals surface area contributed by atoms with Gasteiger partial charge in [0.05, 0.1) is 22.3 Å². The summed E-state index contributed by atoms with van der Waals surface area (Å²) < 4.78 is 2.21. The summed E-state index contributed by atoms with van der Waals surface area (Å²) in [6, 6.07) is 17.0. The minimum absolute atomic E-state index is 0.231. The minimum atomic E-state index is -0.941. The van der Waals surface area contributed by atoms with E-state index in [1.54, 1.807) is 12.1 Å². The van der Waals surface area contributed by atoms with Crippen LogP contribution >= 0.6 is 0 Å². The number of anilines is 1. The Balaban J connectivity index is 2.05. The molecule has 0 bridgehead atoms. The number of carbonyl (C=O) groups is 2. The van der Waals surface area contributed by atoms with Crippen molar-refractivity contribution in [3.05, 3.63) is 77.1 Å². The third-order valence-corrected chi connectivity index (χ3v) is 6.59. The number of aryl methyl sites for hydroxylation is 1. The molecule has 1 amide bonds. The van der Waals surface area contributed by atoms with Gasteiger partial charge in [0.2, 0.25) is 6.41 Å². The van der Waals surface area contributed by atoms with E-state index < -0.39 is 5.97 Å². The molecule has 0 aliphatic rings. The van der Waals surface area contributed by atoms with Crippen molar-refractivity contribution in [2.75, 3.05) is 5.32 Å². The predicted molar refractivity (Wildman–Crippen MR) is 145 cm³/mol. The molecule has 0 atom stereocenters. The zero-order chi connectivity index (χ0) is 26.0. The van der Waals surface area contributed by atoms with E-state index in [0.717, 1.165) is 58.5 Å². The van der Waals surface area contributed by atoms with Crippen LogP contribution in [0.5, 0.6) is 0 Å². The smallest absolute Gasteiger partial charge is 0.336 e. The van der Waals surface area contributed by atoms with E-state index in [4.69, 9.17) is 4.98 Å². The van der Waals surface area contributed by atoms with Crippen LogP contribution in [0.3, 0.4) is 0 Å². The van der Waals surface area contributed by atoms with Crippen molar-refractivity contribution in [3.8, 4) is 16.8 Å². The highest BCUT2D eigenvalue weighted by atomic mass is 16.4. The molecule has 1 aromatic heterocycles. The van der Waals surface area contributed by atoms with Crippen molar-refractivity contribution in [3.63, 3.8) is 0 Å². The zero-order valence-electron chi connectivity index (χ0n) is 21.6. The molecule has 0 fully saturated rings. The van der Waals surface area contributed by atoms with E-state index in [2.05, 4.69) is 50.6 Å². The van der Waals surface area contributed by atoms with Crippen LogP contribution in [0.25, 0.3) is 27.8 Å². The van der Waals surface area contributed by atoms with Gasteiger partial charge >= 0.3 is 5.97 Å². The van der Waals surface area contributed by atoms with Gasteiger partial charge in [0.15, 0.2) is 0 Å². The summed E-state index contributed by atoms with van der Waals surface area (Å²) >= 11 is 0. The molecule has 186 valence electrons. The standard InChI is InChI=1S/C30H33N3O3/c1-6-7-12-27-32-24-15-13-20(31-18-34)17-26(24)33(27)25-16-14-21(19(2)28(25)30(3,4)5)22-10-8-9-11-23(22)29(35)36/h8-11,13-18H,6-7,12H2,1-5H3,(H,31,34)(H,35,36). The van der Waals surface area contributed by atoms with Crippen molar-refractivity contribution in [2.24, 2.45) is 0 Å². The summed E-state index contributed by atoms with van der Waals surface area (Å²) in [4.78, 5) is 28.1. The van der Waals surface area contributed by atoms with Crippen LogP contribution < -0.4 is 5.32 Å². The maximum atomic E-state index is 12.0. The Morgan fingerprint density at radius 3 is 2.50 bits per heavy atom. The van der Waals surface area contributed by atoms with E-state index in [1.807, 2.05) is 36.4 Å². The molecule has 0 aliphatic carbocycles. The highest BCUT2D eigenvalue weighted by Gasteiger charge is 2.27. The Labute approximate surface area is 212 Å². The summed E-state index contributed by atoms with van der Waals surface area (Å²) in [5.41, 5.74) is 7.37. The maximum absolute atomic E-state index is 12.0. The van der Waals surface area contributed by atoms with Gasteiger partial charge in [0, 0.05) is 12.1 Å². The summed E-state index contributed by atoms with van der Waals surface area (Å²) in [5, 5.41) is 12.6. The molecule has 0 saturated heterocycles. The monoisotopic (exact) mass is 483 g/mol. The molecule has 0 radical (unpaired) electrons. The third-order valence-electron chi connectivity index (χ3n) is 6.59. The fourth-order valence-electron chi connectivity index (χ4n) is 5.08. The molecule has 6 nitrogen and oxygen atoms in total. The van der Waals surface area contributed by atoms with E-state index >= 15 is 0 Å². The molecule has 36 heavy (non-hydrogen) atoms. The Morgan fingerprint density at radius 2 is 1.83 bits per heavy atom. The van der Waals surface area contributed by atoms with Crippen molar-refractivity contribution >= 4 is 29.1 Å². The molecule has 4 rings (SSSR count). The number of carboxylic acid groups (broad SMARTS) is 1. The van der Waals surface area contributed by atoms with Gasteiger partial charge in [0.25, 0.3) is 0 Å². The number of benzene rings is 3. The number of amides is 1. The van der Waals surface area contributed by atoms with Gasteiger partial charge in [-0.15, -0.1) is 0 Å². The van der Waals surface area contributed by atoms with Crippen LogP contribution in [0.1, 0.15) is 67.8 Å². The summed E-state index contributed by atoms with van der Waals surface area (Å²) in [7, 11) is 0. The highest BCUT2D eigenvalue weighted by molar-refractivity contribution is 5.97. The zero-order valence-corrected chi connectivity index (χ0v) is 21.6. The first-order valence-corrected chi connectivity index (χ1v) is 12.4. The predicted octanol–water partition coefficient (Wildman–Crippen LogP) is 6.91. The normalized spacial score (nSPS) is 11.6. The lowest BCUT2D eigenvalue weighted by Crippen LogP contribution is -2.19. The molecule has 0 saturated carbocycles. The van der Waals surface area contributed by atoms with Crippen LogP contribution in [0.4, 0.5) is 5.69 Å². The average Bonchev–Trinajstić information content (AvgIpc) is 3.19. The molecule has 3 aromatic carbocycles. The number of unbranched alkanes of at least 4 members (excludes halogenated alkanes) is 1. The summed E-state index contributed by atoms with van der Waals surface area (Å²) in [6.45, 7) is 10.8. The fraction of sp³-hybridized carbons (Fsp3) is 0.300. The molecule has 4 aromatic rings. The number of imidazole rings is 1. The molecule has 0 aliphatic heterocycles. The van der Waals surface area contributed by atoms with Gasteiger partial charge in [-0.25, -0.2) is 9.78 Å². The van der Waals surface area contributed by atoms with Crippen LogP contribution in [0.2, 0.25) is 0 Å². The Morgan fingerprint density at radius 1 is 1.08 bits per heavy atom. The number of aromatic nitrogens is 2. The summed E-state index contributed by atoms with van der Waals surface area (Å²) in [6.07, 6.45) is 3.57. The van der Waals surface area contributed by atoms with Crippen molar-refractivity contribution in [2.45, 2.75) is 59.3 Å². The lowest BCUT2D eigenvalue weighted by molar-refractivity contribution is -0.105. The van der Waals surface area contributed by atoms with Crippen molar-refractivity contribution in [1.29, 1.82) is 0 Å². The third kappa shape index (κ3) is 4.63. The SMILES string of the molecule is CCCCc1nc2ccc(NC=O)cc2n1-c1ccc(-c2ccccc2C(=O)O)c(C)c1C(C)(C)C. The van der Waals surface area contributed by atoms with Crippen LogP contribution in [0, 0.1) is 6.92 Å². The van der Waals surface area contributed by atoms with E-state index in [-0.39, 0.29) is 11.0 Å². The van der Waals surface area contributed by atoms with E-state index in [9.17, 15) is 14.7 Å². The van der Waals surface area contributed by atoms with Crippen molar-refractivity contribution < 1.29 is 14.7 Å². The first-order chi connectivity index (χ1) is 17.2.